The molecule has 8 atom stereocenters. The summed E-state index contributed by atoms with van der Waals surface area (Å²) < 4.78 is 0. The van der Waals surface area contributed by atoms with E-state index < -0.39 is 60.8 Å². The summed E-state index contributed by atoms with van der Waals surface area (Å²) in [4.78, 5) is 51.6. The molecule has 0 bridgehead atoms. The second-order valence-electron chi connectivity index (χ2n) is 6.49. The van der Waals surface area contributed by atoms with Crippen molar-refractivity contribution in [1.82, 2.24) is 4.90 Å². The van der Waals surface area contributed by atoms with Gasteiger partial charge in [0.15, 0.2) is 24.8 Å². The van der Waals surface area contributed by atoms with Gasteiger partial charge in [0.05, 0.1) is 6.54 Å². The van der Waals surface area contributed by atoms with Crippen LogP contribution in [0.15, 0.2) is 0 Å². The number of likely N-dealkylation sites (N-methyl/N-ethyl adjacent to an activating group) is 1. The third kappa shape index (κ3) is 15.8. The smallest absolute Gasteiger partial charge is 0.335 e. The van der Waals surface area contributed by atoms with Gasteiger partial charge in [-0.3, -0.25) is 4.79 Å². The number of aliphatic carboxylic acids is 2. The lowest BCUT2D eigenvalue weighted by Crippen LogP contribution is -2.48. The summed E-state index contributed by atoms with van der Waals surface area (Å²) in [5.41, 5.74) is 4.81. The molecule has 0 aliphatic heterocycles. The van der Waals surface area contributed by atoms with E-state index in [-0.39, 0.29) is 18.5 Å². The van der Waals surface area contributed by atoms with Gasteiger partial charge in [-0.15, -0.1) is 0 Å². The Labute approximate surface area is 186 Å². The number of carboxylic acid groups (broad SMARTS) is 2. The van der Waals surface area contributed by atoms with Gasteiger partial charge in [-0.1, -0.05) is 0 Å². The molecule has 0 aliphatic carbocycles. The quantitative estimate of drug-likeness (QED) is 0.113. The van der Waals surface area contributed by atoms with Crippen molar-refractivity contribution in [2.75, 3.05) is 20.6 Å². The van der Waals surface area contributed by atoms with Crippen LogP contribution in [0.4, 0.5) is 0 Å². The van der Waals surface area contributed by atoms with Crippen molar-refractivity contribution >= 4 is 30.4 Å². The Morgan fingerprint density at radius 1 is 0.697 bits per heavy atom. The number of aldehydes is 2. The van der Waals surface area contributed by atoms with E-state index in [1.54, 1.807) is 19.0 Å². The summed E-state index contributed by atoms with van der Waals surface area (Å²) >= 11 is 0. The maximum atomic E-state index is 10.1. The summed E-state index contributed by atoms with van der Waals surface area (Å²) in [6.07, 6.45) is -16.8. The van der Waals surface area contributed by atoms with Crippen LogP contribution in [0.1, 0.15) is 0 Å². The molecule has 0 aromatic carbocycles. The molecule has 17 heteroatoms. The number of aliphatic hydroxyl groups excluding tert-OH is 8. The maximum absolute atomic E-state index is 10.1. The molecular formula is C16H30N2O15. The minimum Gasteiger partial charge on any atom is -0.479 e. The fourth-order valence-electron chi connectivity index (χ4n) is 1.54. The highest BCUT2D eigenvalue weighted by molar-refractivity contribution is 5.75. The Bertz CT molecular complexity index is 575. The number of hydrogen-bond donors (Lipinski definition) is 11. The largest absolute Gasteiger partial charge is 0.479 e. The Morgan fingerprint density at radius 2 is 0.970 bits per heavy atom. The highest BCUT2D eigenvalue weighted by Gasteiger charge is 2.34. The van der Waals surface area contributed by atoms with Crippen LogP contribution in [0.25, 0.3) is 0 Å². The topological polar surface area (TPSA) is 317 Å². The zero-order valence-electron chi connectivity index (χ0n) is 17.5. The first kappa shape index (κ1) is 35.0. The van der Waals surface area contributed by atoms with E-state index in [0.717, 1.165) is 0 Å². The normalized spacial score (nSPS) is 17.8. The Morgan fingerprint density at radius 3 is 1.09 bits per heavy atom. The number of primary amides is 1. The van der Waals surface area contributed by atoms with E-state index in [1.165, 1.54) is 0 Å². The molecule has 33 heavy (non-hydrogen) atoms. The third-order valence-electron chi connectivity index (χ3n) is 3.30. The van der Waals surface area contributed by atoms with Crippen molar-refractivity contribution in [2.24, 2.45) is 5.73 Å². The average molecular weight is 490 g/mol. The van der Waals surface area contributed by atoms with Crippen LogP contribution in [0.5, 0.6) is 0 Å². The van der Waals surface area contributed by atoms with Crippen molar-refractivity contribution < 1.29 is 75.0 Å². The van der Waals surface area contributed by atoms with E-state index in [1.807, 2.05) is 0 Å². The van der Waals surface area contributed by atoms with Gasteiger partial charge in [0, 0.05) is 0 Å². The zero-order valence-corrected chi connectivity index (χ0v) is 17.5. The Kier molecular flexibility index (Phi) is 19.0. The van der Waals surface area contributed by atoms with Gasteiger partial charge < -0.3 is 71.3 Å². The molecule has 0 radical (unpaired) electrons. The fourth-order valence-corrected chi connectivity index (χ4v) is 1.54. The Balaban J connectivity index is -0.000000429. The van der Waals surface area contributed by atoms with Gasteiger partial charge in [-0.05, 0) is 14.1 Å². The second kappa shape index (κ2) is 17.9. The second-order valence-corrected chi connectivity index (χ2v) is 6.49. The van der Waals surface area contributed by atoms with Crippen molar-refractivity contribution in [1.29, 1.82) is 0 Å². The van der Waals surface area contributed by atoms with Crippen molar-refractivity contribution in [3.63, 3.8) is 0 Å². The molecule has 0 saturated heterocycles. The van der Waals surface area contributed by atoms with Gasteiger partial charge in [0.25, 0.3) is 0 Å². The summed E-state index contributed by atoms with van der Waals surface area (Å²) in [5, 5.41) is 86.4. The number of nitrogens with zero attached hydrogens (tertiary/aromatic N) is 1. The molecule has 0 aromatic heterocycles. The average Bonchev–Trinajstić information content (AvgIpc) is 2.74. The monoisotopic (exact) mass is 490 g/mol. The highest BCUT2D eigenvalue weighted by Crippen LogP contribution is 2.04. The fraction of sp³-hybridized carbons (Fsp3) is 0.688. The van der Waals surface area contributed by atoms with Gasteiger partial charge in [-0.25, -0.2) is 9.59 Å². The van der Waals surface area contributed by atoms with Gasteiger partial charge >= 0.3 is 11.9 Å². The number of nitrogens with two attached hydrogens (primary N) is 1. The Hall–Kier alpha value is -2.61. The third-order valence-corrected chi connectivity index (χ3v) is 3.30. The molecular weight excluding hydrogens is 460 g/mol. The van der Waals surface area contributed by atoms with Crippen LogP contribution in [-0.4, -0.2) is 156 Å². The van der Waals surface area contributed by atoms with Gasteiger partial charge in [-0.2, -0.15) is 0 Å². The molecule has 0 saturated carbocycles. The number of amides is 1. The first-order valence-electron chi connectivity index (χ1n) is 8.69. The number of carbonyl (C=O) groups is 5. The van der Waals surface area contributed by atoms with Gasteiger partial charge in [0.2, 0.25) is 5.91 Å². The number of aliphatic hydroxyl groups is 8. The minimum absolute atomic E-state index is 0.0809. The van der Waals surface area contributed by atoms with E-state index in [9.17, 15) is 24.0 Å². The van der Waals surface area contributed by atoms with Crippen LogP contribution in [-0.2, 0) is 24.0 Å². The van der Waals surface area contributed by atoms with E-state index in [2.05, 4.69) is 0 Å². The predicted molar refractivity (Wildman–Crippen MR) is 103 cm³/mol. The summed E-state index contributed by atoms with van der Waals surface area (Å²) in [6.45, 7) is 0.333. The van der Waals surface area contributed by atoms with Crippen LogP contribution in [0.2, 0.25) is 0 Å². The van der Waals surface area contributed by atoms with E-state index in [4.69, 9.17) is 56.8 Å². The van der Waals surface area contributed by atoms with E-state index >= 15 is 0 Å². The molecule has 0 spiro atoms. The molecule has 12 N–H and O–H groups in total. The van der Waals surface area contributed by atoms with Crippen molar-refractivity contribution in [3.05, 3.63) is 0 Å². The molecule has 194 valence electrons. The SMILES string of the molecule is CN(C)CC(N)=O.O=C[C@H](O)[C@@H](O)[C@H](O)[C@H](O)C(=O)O.O=C[C@H](O)[C@@H](O)[C@H](O)[C@H](O)C(=O)O. The minimum atomic E-state index is -2.25. The standard InChI is InChI=1S/2C6H10O7.C4H10N2O/c2*7-1-2(8)3(9)4(10)5(11)6(12)13;1-6(2)3-4(5)7/h2*1-5,8-11H,(H,12,13);3H2,1-2H3,(H2,5,7)/t2*2-,3+,4-,5-;/m00./s1. The predicted octanol–water partition coefficient (Wildman–Crippen LogP) is -7.54. The molecule has 0 unspecified atom stereocenters. The zero-order chi connectivity index (χ0) is 27.0. The number of rotatable bonds is 12. The van der Waals surface area contributed by atoms with Crippen LogP contribution < -0.4 is 5.73 Å². The highest BCUT2D eigenvalue weighted by atomic mass is 16.4. The maximum Gasteiger partial charge on any atom is 0.335 e. The molecule has 0 fully saturated rings. The molecule has 0 heterocycles. The van der Waals surface area contributed by atoms with Gasteiger partial charge in [0.1, 0.15) is 36.6 Å². The van der Waals surface area contributed by atoms with Crippen molar-refractivity contribution in [3.8, 4) is 0 Å². The summed E-state index contributed by atoms with van der Waals surface area (Å²) in [7, 11) is 3.59. The molecule has 0 aliphatic rings. The summed E-state index contributed by atoms with van der Waals surface area (Å²) in [5.74, 6) is -3.81. The first-order chi connectivity index (χ1) is 15.0. The van der Waals surface area contributed by atoms with Crippen molar-refractivity contribution in [2.45, 2.75) is 48.8 Å². The van der Waals surface area contributed by atoms with Crippen LogP contribution >= 0.6 is 0 Å². The van der Waals surface area contributed by atoms with Crippen LogP contribution in [0, 0.1) is 0 Å². The van der Waals surface area contributed by atoms with Crippen LogP contribution in [0.3, 0.4) is 0 Å². The first-order valence-corrected chi connectivity index (χ1v) is 8.69. The molecule has 17 nitrogen and oxygen atoms in total. The lowest BCUT2D eigenvalue weighted by Gasteiger charge is -2.21. The molecule has 1 amide bonds. The molecule has 0 rings (SSSR count). The number of hydrogen-bond acceptors (Lipinski definition) is 14. The molecule has 0 aromatic rings. The lowest BCUT2D eigenvalue weighted by molar-refractivity contribution is -0.164. The summed E-state index contributed by atoms with van der Waals surface area (Å²) in [6, 6.07) is 0. The lowest BCUT2D eigenvalue weighted by atomic mass is 10.0. The number of carbonyl (C=O) groups excluding carboxylic acids is 3. The van der Waals surface area contributed by atoms with E-state index in [0.29, 0.717) is 6.54 Å². The number of carboxylic acids is 2.